The molecule has 0 atom stereocenters. The molecule has 0 fully saturated rings. The molecule has 0 radical (unpaired) electrons. The highest BCUT2D eigenvalue weighted by atomic mass is 32.2. The van der Waals surface area contributed by atoms with Crippen LogP contribution in [0.2, 0.25) is 0 Å². The Bertz CT molecular complexity index is 1240. The number of rotatable bonds is 8. The van der Waals surface area contributed by atoms with Gasteiger partial charge in [-0.2, -0.15) is 5.10 Å². The number of hydrazine groups is 1. The zero-order chi connectivity index (χ0) is 24.7. The first-order chi connectivity index (χ1) is 16.1. The number of anilines is 1. The Morgan fingerprint density at radius 3 is 2.35 bits per heavy atom. The van der Waals surface area contributed by atoms with E-state index in [4.69, 9.17) is 0 Å². The third-order valence-corrected chi connectivity index (χ3v) is 6.11. The fourth-order valence-electron chi connectivity index (χ4n) is 3.02. The zero-order valence-corrected chi connectivity index (χ0v) is 18.9. The summed E-state index contributed by atoms with van der Waals surface area (Å²) in [6.45, 7) is 1.81. The average molecular weight is 487 g/mol. The minimum atomic E-state index is -3.83. The third-order valence-electron chi connectivity index (χ3n) is 4.72. The van der Waals surface area contributed by atoms with Gasteiger partial charge in [0.2, 0.25) is 5.91 Å². The summed E-state index contributed by atoms with van der Waals surface area (Å²) in [4.78, 5) is 36.0. The monoisotopic (exact) mass is 486 g/mol. The molecule has 0 unspecified atom stereocenters. The van der Waals surface area contributed by atoms with E-state index >= 15 is 0 Å². The SMILES string of the molecule is CC(=O)Nc1ccc(S(=O)(=O)NN2CC=C(C(=O)N/N=C/c3ccc([N+](=O)[O-])cc3)CC2)cc1. The second-order valence-electron chi connectivity index (χ2n) is 7.27. The summed E-state index contributed by atoms with van der Waals surface area (Å²) in [5.74, 6) is -0.681. The van der Waals surface area contributed by atoms with Gasteiger partial charge in [-0.3, -0.25) is 19.7 Å². The Hall–Kier alpha value is -3.94. The predicted octanol–water partition coefficient (Wildman–Crippen LogP) is 1.53. The Labute approximate surface area is 195 Å². The average Bonchev–Trinajstić information content (AvgIpc) is 2.79. The Kier molecular flexibility index (Phi) is 7.83. The summed E-state index contributed by atoms with van der Waals surface area (Å²) in [6, 6.07) is 11.4. The van der Waals surface area contributed by atoms with Crippen LogP contribution in [0.15, 0.2) is 70.2 Å². The number of carbonyl (C=O) groups excluding carboxylic acids is 2. The maximum atomic E-state index is 12.6. The van der Waals surface area contributed by atoms with Crippen LogP contribution in [0.4, 0.5) is 11.4 Å². The summed E-state index contributed by atoms with van der Waals surface area (Å²) >= 11 is 0. The number of amides is 2. The van der Waals surface area contributed by atoms with E-state index in [2.05, 4.69) is 20.7 Å². The van der Waals surface area contributed by atoms with E-state index in [9.17, 15) is 28.1 Å². The number of nitrogens with zero attached hydrogens (tertiary/aromatic N) is 3. The molecule has 3 N–H and O–H groups in total. The number of hydrazone groups is 1. The van der Waals surface area contributed by atoms with Crippen molar-refractivity contribution in [2.75, 3.05) is 18.4 Å². The summed E-state index contributed by atoms with van der Waals surface area (Å²) in [5.41, 5.74) is 3.86. The number of nitro benzene ring substituents is 1. The van der Waals surface area contributed by atoms with Gasteiger partial charge >= 0.3 is 0 Å². The highest BCUT2D eigenvalue weighted by Crippen LogP contribution is 2.16. The van der Waals surface area contributed by atoms with Crippen LogP contribution in [0.3, 0.4) is 0 Å². The molecule has 3 rings (SSSR count). The molecule has 34 heavy (non-hydrogen) atoms. The second-order valence-corrected chi connectivity index (χ2v) is 8.93. The van der Waals surface area contributed by atoms with Gasteiger partial charge in [-0.05, 0) is 48.4 Å². The van der Waals surface area contributed by atoms with E-state index < -0.39 is 20.9 Å². The van der Waals surface area contributed by atoms with Gasteiger partial charge < -0.3 is 5.32 Å². The predicted molar refractivity (Wildman–Crippen MR) is 124 cm³/mol. The van der Waals surface area contributed by atoms with Gasteiger partial charge in [0, 0.05) is 43.4 Å². The van der Waals surface area contributed by atoms with Crippen molar-refractivity contribution < 1.29 is 22.9 Å². The van der Waals surface area contributed by atoms with Gasteiger partial charge in [-0.1, -0.05) is 6.08 Å². The molecule has 1 aliphatic heterocycles. The van der Waals surface area contributed by atoms with Crippen LogP contribution in [0, 0.1) is 10.1 Å². The van der Waals surface area contributed by atoms with E-state index in [1.54, 1.807) is 6.08 Å². The molecule has 2 aromatic rings. The minimum Gasteiger partial charge on any atom is -0.326 e. The first-order valence-corrected chi connectivity index (χ1v) is 11.5. The first kappa shape index (κ1) is 24.7. The molecular formula is C21H22N6O6S. The first-order valence-electron chi connectivity index (χ1n) is 10.1. The molecule has 0 saturated carbocycles. The van der Waals surface area contributed by atoms with Crippen molar-refractivity contribution in [3.8, 4) is 0 Å². The smallest absolute Gasteiger partial charge is 0.269 e. The molecule has 13 heteroatoms. The number of hydrogen-bond acceptors (Lipinski definition) is 8. The Balaban J connectivity index is 1.52. The Morgan fingerprint density at radius 2 is 1.79 bits per heavy atom. The van der Waals surface area contributed by atoms with Crippen molar-refractivity contribution in [1.82, 2.24) is 15.3 Å². The van der Waals surface area contributed by atoms with Crippen LogP contribution in [0.25, 0.3) is 0 Å². The maximum Gasteiger partial charge on any atom is 0.269 e. The highest BCUT2D eigenvalue weighted by molar-refractivity contribution is 7.89. The molecule has 12 nitrogen and oxygen atoms in total. The standard InChI is InChI=1S/C21H22N6O6S/c1-15(28)23-18-4-8-20(9-5-18)34(32,33)25-26-12-10-17(11-13-26)21(29)24-22-14-16-2-6-19(7-3-16)27(30)31/h2-10,14,25H,11-13H2,1H3,(H,23,28)(H,24,29)/b22-14+. The number of benzene rings is 2. The lowest BCUT2D eigenvalue weighted by Crippen LogP contribution is -2.45. The summed E-state index contributed by atoms with van der Waals surface area (Å²) in [5, 5.41) is 18.5. The van der Waals surface area contributed by atoms with E-state index in [-0.39, 0.29) is 29.6 Å². The van der Waals surface area contributed by atoms with Crippen LogP contribution in [0.1, 0.15) is 18.9 Å². The number of hydrogen-bond donors (Lipinski definition) is 3. The molecule has 1 aliphatic rings. The van der Waals surface area contributed by atoms with Crippen LogP contribution < -0.4 is 15.6 Å². The van der Waals surface area contributed by atoms with Crippen LogP contribution in [-0.4, -0.2) is 49.5 Å². The molecule has 178 valence electrons. The molecule has 2 amide bonds. The molecule has 0 aromatic heterocycles. The topological polar surface area (TPSA) is 163 Å². The molecule has 0 saturated heterocycles. The van der Waals surface area contributed by atoms with Gasteiger partial charge in [0.25, 0.3) is 21.6 Å². The van der Waals surface area contributed by atoms with Gasteiger partial charge in [0.05, 0.1) is 16.0 Å². The number of nitro groups is 1. The van der Waals surface area contributed by atoms with Gasteiger partial charge in [0.1, 0.15) is 0 Å². The van der Waals surface area contributed by atoms with E-state index in [0.29, 0.717) is 23.2 Å². The lowest BCUT2D eigenvalue weighted by Gasteiger charge is -2.25. The number of sulfonamides is 1. The highest BCUT2D eigenvalue weighted by Gasteiger charge is 2.22. The van der Waals surface area contributed by atoms with Crippen LogP contribution in [0.5, 0.6) is 0 Å². The lowest BCUT2D eigenvalue weighted by atomic mass is 10.1. The number of non-ortho nitro benzene ring substituents is 1. The van der Waals surface area contributed by atoms with Crippen LogP contribution >= 0.6 is 0 Å². The van der Waals surface area contributed by atoms with Crippen LogP contribution in [-0.2, 0) is 19.6 Å². The van der Waals surface area contributed by atoms with Gasteiger partial charge in [0.15, 0.2) is 0 Å². The zero-order valence-electron chi connectivity index (χ0n) is 18.1. The third kappa shape index (κ3) is 6.78. The fourth-order valence-corrected chi connectivity index (χ4v) is 4.13. The number of carbonyl (C=O) groups is 2. The summed E-state index contributed by atoms with van der Waals surface area (Å²) in [7, 11) is -3.83. The fraction of sp³-hybridized carbons (Fsp3) is 0.190. The second kappa shape index (κ2) is 10.8. The molecule has 1 heterocycles. The maximum absolute atomic E-state index is 12.6. The van der Waals surface area contributed by atoms with Gasteiger partial charge in [-0.25, -0.2) is 18.9 Å². The molecule has 2 aromatic carbocycles. The van der Waals surface area contributed by atoms with Crippen molar-refractivity contribution in [1.29, 1.82) is 0 Å². The summed E-state index contributed by atoms with van der Waals surface area (Å²) < 4.78 is 25.2. The molecule has 0 bridgehead atoms. The molecule has 0 aliphatic carbocycles. The van der Waals surface area contributed by atoms with Crippen molar-refractivity contribution in [2.45, 2.75) is 18.2 Å². The van der Waals surface area contributed by atoms with E-state index in [0.717, 1.165) is 0 Å². The van der Waals surface area contributed by atoms with Crippen molar-refractivity contribution in [2.24, 2.45) is 5.10 Å². The van der Waals surface area contributed by atoms with Crippen molar-refractivity contribution >= 4 is 39.4 Å². The molecule has 0 spiro atoms. The van der Waals surface area contributed by atoms with Crippen molar-refractivity contribution in [3.05, 3.63) is 75.9 Å². The molecular weight excluding hydrogens is 464 g/mol. The van der Waals surface area contributed by atoms with E-state index in [1.807, 2.05) is 0 Å². The largest absolute Gasteiger partial charge is 0.326 e. The van der Waals surface area contributed by atoms with E-state index in [1.165, 1.54) is 66.7 Å². The van der Waals surface area contributed by atoms with Crippen molar-refractivity contribution in [3.63, 3.8) is 0 Å². The Morgan fingerprint density at radius 1 is 1.12 bits per heavy atom. The van der Waals surface area contributed by atoms with Gasteiger partial charge in [-0.15, -0.1) is 4.83 Å². The normalized spacial score (nSPS) is 14.4. The quantitative estimate of drug-likeness (QED) is 0.289. The lowest BCUT2D eigenvalue weighted by molar-refractivity contribution is -0.384. The minimum absolute atomic E-state index is 0.0368. The summed E-state index contributed by atoms with van der Waals surface area (Å²) in [6.07, 6.45) is 3.26. The number of nitrogens with one attached hydrogen (secondary N) is 3.